The molecule has 2 fully saturated rings. The predicted molar refractivity (Wildman–Crippen MR) is 106 cm³/mol. The van der Waals surface area contributed by atoms with Gasteiger partial charge in [0.15, 0.2) is 0 Å². The molecular formula is C22H22ClFN2O2. The van der Waals surface area contributed by atoms with Gasteiger partial charge in [0.05, 0.1) is 16.0 Å². The van der Waals surface area contributed by atoms with Crippen LogP contribution < -0.4 is 0 Å². The molecule has 1 aliphatic heterocycles. The Morgan fingerprint density at radius 3 is 2.29 bits per heavy atom. The second-order valence-corrected chi connectivity index (χ2v) is 8.07. The quantitative estimate of drug-likeness (QED) is 0.786. The topological polar surface area (TPSA) is 40.6 Å². The largest absolute Gasteiger partial charge is 0.338 e. The lowest BCUT2D eigenvalue weighted by Gasteiger charge is -2.37. The van der Waals surface area contributed by atoms with E-state index in [0.717, 1.165) is 30.0 Å². The van der Waals surface area contributed by atoms with Crippen LogP contribution in [0.4, 0.5) is 4.39 Å². The Morgan fingerprint density at radius 2 is 1.68 bits per heavy atom. The smallest absolute Gasteiger partial charge is 0.255 e. The van der Waals surface area contributed by atoms with E-state index in [-0.39, 0.29) is 16.8 Å². The van der Waals surface area contributed by atoms with Gasteiger partial charge in [-0.05, 0) is 43.5 Å². The fourth-order valence-electron chi connectivity index (χ4n) is 3.94. The normalized spacial score (nSPS) is 18.1. The van der Waals surface area contributed by atoms with Crippen LogP contribution in [0.5, 0.6) is 0 Å². The van der Waals surface area contributed by atoms with Gasteiger partial charge in [-0.25, -0.2) is 4.39 Å². The van der Waals surface area contributed by atoms with E-state index < -0.39 is 11.2 Å². The number of aryl methyl sites for hydroxylation is 1. The Morgan fingerprint density at radius 1 is 1.00 bits per heavy atom. The standard InChI is InChI=1S/C22H22ClFN2O2/c1-15-3-2-4-16(13-15)22(7-8-22)21(28)26-11-9-25(10-12-26)20(27)18-6-5-17(24)14-19(18)23/h2-6,13-14H,7-12H2,1H3. The van der Waals surface area contributed by atoms with Crippen molar-refractivity contribution in [3.63, 3.8) is 0 Å². The van der Waals surface area contributed by atoms with Gasteiger partial charge >= 0.3 is 0 Å². The van der Waals surface area contributed by atoms with E-state index in [1.54, 1.807) is 4.90 Å². The summed E-state index contributed by atoms with van der Waals surface area (Å²) in [6.45, 7) is 3.92. The van der Waals surface area contributed by atoms with Gasteiger partial charge in [0, 0.05) is 26.2 Å². The van der Waals surface area contributed by atoms with Gasteiger partial charge < -0.3 is 9.80 Å². The molecule has 2 aromatic rings. The van der Waals surface area contributed by atoms with Crippen molar-refractivity contribution in [2.75, 3.05) is 26.2 Å². The fraction of sp³-hybridized carbons (Fsp3) is 0.364. The van der Waals surface area contributed by atoms with Gasteiger partial charge in [-0.15, -0.1) is 0 Å². The number of halogens is 2. The lowest BCUT2D eigenvalue weighted by Crippen LogP contribution is -2.53. The molecule has 1 heterocycles. The maximum absolute atomic E-state index is 13.2. The average molecular weight is 401 g/mol. The molecule has 2 aliphatic rings. The van der Waals surface area contributed by atoms with Crippen LogP contribution in [0.2, 0.25) is 5.02 Å². The molecule has 28 heavy (non-hydrogen) atoms. The molecule has 6 heteroatoms. The van der Waals surface area contributed by atoms with Crippen LogP contribution in [0.25, 0.3) is 0 Å². The van der Waals surface area contributed by atoms with E-state index in [2.05, 4.69) is 6.07 Å². The first-order valence-electron chi connectivity index (χ1n) is 9.51. The Hall–Kier alpha value is -2.40. The van der Waals surface area contributed by atoms with E-state index >= 15 is 0 Å². The molecule has 1 saturated heterocycles. The second-order valence-electron chi connectivity index (χ2n) is 7.66. The molecule has 0 unspecified atom stereocenters. The van der Waals surface area contributed by atoms with Gasteiger partial charge in [-0.1, -0.05) is 41.4 Å². The van der Waals surface area contributed by atoms with Crippen LogP contribution in [0.3, 0.4) is 0 Å². The van der Waals surface area contributed by atoms with Crippen molar-refractivity contribution in [1.82, 2.24) is 9.80 Å². The van der Waals surface area contributed by atoms with Crippen molar-refractivity contribution in [2.45, 2.75) is 25.2 Å². The SMILES string of the molecule is Cc1cccc(C2(C(=O)N3CCN(C(=O)c4ccc(F)cc4Cl)CC3)CC2)c1. The summed E-state index contributed by atoms with van der Waals surface area (Å²) in [6.07, 6.45) is 1.75. The number of hydrogen-bond donors (Lipinski definition) is 0. The van der Waals surface area contributed by atoms with Crippen molar-refractivity contribution >= 4 is 23.4 Å². The molecule has 0 atom stereocenters. The van der Waals surface area contributed by atoms with Crippen molar-refractivity contribution in [3.8, 4) is 0 Å². The van der Waals surface area contributed by atoms with Crippen LogP contribution in [0.15, 0.2) is 42.5 Å². The summed E-state index contributed by atoms with van der Waals surface area (Å²) in [6, 6.07) is 12.0. The molecule has 0 aromatic heterocycles. The molecule has 0 N–H and O–H groups in total. The van der Waals surface area contributed by atoms with Gasteiger partial charge in [-0.2, -0.15) is 0 Å². The molecule has 146 valence electrons. The van der Waals surface area contributed by atoms with Gasteiger partial charge in [0.2, 0.25) is 5.91 Å². The zero-order chi connectivity index (χ0) is 19.9. The van der Waals surface area contributed by atoms with Crippen molar-refractivity contribution < 1.29 is 14.0 Å². The third-order valence-electron chi connectivity index (χ3n) is 5.75. The maximum Gasteiger partial charge on any atom is 0.255 e. The van der Waals surface area contributed by atoms with Crippen LogP contribution in [-0.4, -0.2) is 47.8 Å². The lowest BCUT2D eigenvalue weighted by atomic mass is 9.92. The average Bonchev–Trinajstić information content (AvgIpc) is 3.49. The highest BCUT2D eigenvalue weighted by molar-refractivity contribution is 6.33. The zero-order valence-electron chi connectivity index (χ0n) is 15.8. The van der Waals surface area contributed by atoms with Crippen LogP contribution in [0.1, 0.15) is 34.3 Å². The summed E-state index contributed by atoms with van der Waals surface area (Å²) in [4.78, 5) is 29.4. The number of piperazine rings is 1. The highest BCUT2D eigenvalue weighted by Crippen LogP contribution is 2.49. The Kier molecular flexibility index (Phi) is 4.88. The number of rotatable bonds is 3. The minimum Gasteiger partial charge on any atom is -0.338 e. The maximum atomic E-state index is 13.2. The molecular weight excluding hydrogens is 379 g/mol. The van der Waals surface area contributed by atoms with Gasteiger partial charge in [-0.3, -0.25) is 9.59 Å². The molecule has 4 rings (SSSR count). The number of carbonyl (C=O) groups is 2. The first-order chi connectivity index (χ1) is 13.4. The van der Waals surface area contributed by atoms with Crippen molar-refractivity contribution in [1.29, 1.82) is 0 Å². The Balaban J connectivity index is 1.43. The van der Waals surface area contributed by atoms with E-state index in [9.17, 15) is 14.0 Å². The number of nitrogens with zero attached hydrogens (tertiary/aromatic N) is 2. The van der Waals surface area contributed by atoms with E-state index in [1.165, 1.54) is 12.1 Å². The molecule has 2 aromatic carbocycles. The third-order valence-corrected chi connectivity index (χ3v) is 6.06. The number of carbonyl (C=O) groups excluding carboxylic acids is 2. The molecule has 0 spiro atoms. The predicted octanol–water partition coefficient (Wildman–Crippen LogP) is 3.80. The van der Waals surface area contributed by atoms with E-state index in [1.807, 2.05) is 30.0 Å². The summed E-state index contributed by atoms with van der Waals surface area (Å²) in [5.74, 6) is -0.537. The first-order valence-corrected chi connectivity index (χ1v) is 9.89. The molecule has 1 aliphatic carbocycles. The summed E-state index contributed by atoms with van der Waals surface area (Å²) in [5.41, 5.74) is 2.15. The van der Waals surface area contributed by atoms with Gasteiger partial charge in [0.25, 0.3) is 5.91 Å². The Labute approximate surface area is 168 Å². The first kappa shape index (κ1) is 18.9. The highest BCUT2D eigenvalue weighted by Gasteiger charge is 2.53. The Bertz CT molecular complexity index is 934. The second kappa shape index (κ2) is 7.21. The lowest BCUT2D eigenvalue weighted by molar-refractivity contribution is -0.135. The van der Waals surface area contributed by atoms with Gasteiger partial charge in [0.1, 0.15) is 5.82 Å². The molecule has 1 saturated carbocycles. The summed E-state index contributed by atoms with van der Waals surface area (Å²) < 4.78 is 13.2. The van der Waals surface area contributed by atoms with Crippen LogP contribution in [0, 0.1) is 12.7 Å². The summed E-state index contributed by atoms with van der Waals surface area (Å²) in [5, 5.41) is 0.111. The molecule has 0 radical (unpaired) electrons. The summed E-state index contributed by atoms with van der Waals surface area (Å²) in [7, 11) is 0. The van der Waals surface area contributed by atoms with E-state index in [4.69, 9.17) is 11.6 Å². The zero-order valence-corrected chi connectivity index (χ0v) is 16.5. The minimum absolute atomic E-state index is 0.111. The third kappa shape index (κ3) is 3.39. The molecule has 2 amide bonds. The van der Waals surface area contributed by atoms with Crippen LogP contribution in [-0.2, 0) is 10.2 Å². The monoisotopic (exact) mass is 400 g/mol. The molecule has 4 nitrogen and oxygen atoms in total. The number of hydrogen-bond acceptors (Lipinski definition) is 2. The molecule has 0 bridgehead atoms. The summed E-state index contributed by atoms with van der Waals surface area (Å²) >= 11 is 6.02. The number of benzene rings is 2. The van der Waals surface area contributed by atoms with E-state index in [0.29, 0.717) is 31.7 Å². The fourth-order valence-corrected chi connectivity index (χ4v) is 4.19. The number of amides is 2. The minimum atomic E-state index is -0.470. The highest BCUT2D eigenvalue weighted by atomic mass is 35.5. The van der Waals surface area contributed by atoms with Crippen LogP contribution >= 0.6 is 11.6 Å². The van der Waals surface area contributed by atoms with Crippen molar-refractivity contribution in [2.24, 2.45) is 0 Å². The van der Waals surface area contributed by atoms with Crippen molar-refractivity contribution in [3.05, 3.63) is 70.0 Å².